The van der Waals surface area contributed by atoms with Crippen molar-refractivity contribution in [2.75, 3.05) is 0 Å². The van der Waals surface area contributed by atoms with Crippen LogP contribution in [-0.4, -0.2) is 8.07 Å². The van der Waals surface area contributed by atoms with E-state index in [-0.39, 0.29) is 5.04 Å². The van der Waals surface area contributed by atoms with Crippen LogP contribution < -0.4 is 15.6 Å². The van der Waals surface area contributed by atoms with Crippen LogP contribution in [0.2, 0.25) is 5.04 Å². The summed E-state index contributed by atoms with van der Waals surface area (Å²) in [6.45, 7) is 7.31. The SMILES string of the molecule is CC(C)(C)[Si](c1ccccc1)(c1ccccc1)c1cccc2c1sc1ccccc12. The first-order valence-electron chi connectivity index (χ1n) is 10.6. The Morgan fingerprint density at radius 1 is 0.567 bits per heavy atom. The second-order valence-electron chi connectivity index (χ2n) is 9.01. The largest absolute Gasteiger partial charge is 0.155 e. The first kappa shape index (κ1) is 19.3. The molecule has 0 radical (unpaired) electrons. The van der Waals surface area contributed by atoms with Crippen LogP contribution >= 0.6 is 11.3 Å². The number of benzene rings is 4. The monoisotopic (exact) mass is 422 g/mol. The fraction of sp³-hybridized carbons (Fsp3) is 0.143. The van der Waals surface area contributed by atoms with Crippen LogP contribution in [0.25, 0.3) is 20.2 Å². The molecule has 0 aliphatic carbocycles. The number of fused-ring (bicyclic) bond motifs is 3. The van der Waals surface area contributed by atoms with Gasteiger partial charge in [0.1, 0.15) is 0 Å². The van der Waals surface area contributed by atoms with Gasteiger partial charge in [0, 0.05) is 20.2 Å². The number of hydrogen-bond acceptors (Lipinski definition) is 1. The molecule has 5 rings (SSSR count). The summed E-state index contributed by atoms with van der Waals surface area (Å²) in [5.41, 5.74) is 0. The highest BCUT2D eigenvalue weighted by Gasteiger charge is 2.50. The Labute approximate surface area is 183 Å². The molecule has 0 spiro atoms. The van der Waals surface area contributed by atoms with E-state index in [1.54, 1.807) is 0 Å². The van der Waals surface area contributed by atoms with Crippen LogP contribution in [0.15, 0.2) is 103 Å². The number of hydrogen-bond donors (Lipinski definition) is 0. The molecular formula is C28H26SSi. The number of thiophene rings is 1. The van der Waals surface area contributed by atoms with Gasteiger partial charge in [0.2, 0.25) is 0 Å². The molecule has 0 aliphatic heterocycles. The third kappa shape index (κ3) is 2.78. The van der Waals surface area contributed by atoms with Crippen LogP contribution in [0.3, 0.4) is 0 Å². The first-order chi connectivity index (χ1) is 14.5. The van der Waals surface area contributed by atoms with Crippen LogP contribution in [0.1, 0.15) is 20.8 Å². The van der Waals surface area contributed by atoms with Gasteiger partial charge in [0.15, 0.2) is 8.07 Å². The molecule has 5 aromatic rings. The molecule has 1 aromatic heterocycles. The molecule has 0 nitrogen and oxygen atoms in total. The minimum atomic E-state index is -2.34. The minimum absolute atomic E-state index is 0.0974. The van der Waals surface area contributed by atoms with Gasteiger partial charge < -0.3 is 0 Å². The topological polar surface area (TPSA) is 0 Å². The summed E-state index contributed by atoms with van der Waals surface area (Å²) in [4.78, 5) is 0. The zero-order valence-electron chi connectivity index (χ0n) is 17.7. The molecule has 0 N–H and O–H groups in total. The van der Waals surface area contributed by atoms with E-state index in [0.29, 0.717) is 0 Å². The second-order valence-corrected chi connectivity index (χ2v) is 14.8. The van der Waals surface area contributed by atoms with Gasteiger partial charge >= 0.3 is 0 Å². The Morgan fingerprint density at radius 3 is 1.70 bits per heavy atom. The fourth-order valence-electron chi connectivity index (χ4n) is 5.17. The summed E-state index contributed by atoms with van der Waals surface area (Å²) >= 11 is 1.96. The lowest BCUT2D eigenvalue weighted by molar-refractivity contribution is 0.740. The van der Waals surface area contributed by atoms with Gasteiger partial charge in [-0.05, 0) is 26.7 Å². The van der Waals surface area contributed by atoms with Gasteiger partial charge in [0.25, 0.3) is 0 Å². The van der Waals surface area contributed by atoms with Crippen molar-refractivity contribution in [1.82, 2.24) is 0 Å². The first-order valence-corrected chi connectivity index (χ1v) is 13.4. The van der Waals surface area contributed by atoms with Crippen molar-refractivity contribution >= 4 is 55.1 Å². The van der Waals surface area contributed by atoms with Crippen LogP contribution in [0, 0.1) is 0 Å². The predicted molar refractivity (Wildman–Crippen MR) is 137 cm³/mol. The maximum atomic E-state index is 2.44. The van der Waals surface area contributed by atoms with Crippen molar-refractivity contribution in [2.24, 2.45) is 0 Å². The second kappa shape index (κ2) is 7.23. The third-order valence-electron chi connectivity index (χ3n) is 6.35. The fourth-order valence-corrected chi connectivity index (χ4v) is 12.6. The normalized spacial score (nSPS) is 12.5. The van der Waals surface area contributed by atoms with Crippen molar-refractivity contribution in [3.05, 3.63) is 103 Å². The maximum Gasteiger partial charge on any atom is 0.155 e. The summed E-state index contributed by atoms with van der Waals surface area (Å²) in [5, 5.41) is 7.35. The summed E-state index contributed by atoms with van der Waals surface area (Å²) in [6, 6.07) is 38.3. The average molecular weight is 423 g/mol. The van der Waals surface area contributed by atoms with Gasteiger partial charge in [-0.2, -0.15) is 0 Å². The summed E-state index contributed by atoms with van der Waals surface area (Å²) in [5.74, 6) is 0. The van der Waals surface area contributed by atoms with E-state index >= 15 is 0 Å². The van der Waals surface area contributed by atoms with E-state index in [1.807, 2.05) is 11.3 Å². The van der Waals surface area contributed by atoms with Gasteiger partial charge in [-0.3, -0.25) is 0 Å². The Balaban J connectivity index is 1.98. The van der Waals surface area contributed by atoms with E-state index in [0.717, 1.165) is 0 Å². The lowest BCUT2D eigenvalue weighted by Gasteiger charge is -2.44. The Morgan fingerprint density at radius 2 is 1.10 bits per heavy atom. The highest BCUT2D eigenvalue weighted by atomic mass is 32.1. The molecule has 0 atom stereocenters. The van der Waals surface area contributed by atoms with Crippen molar-refractivity contribution in [3.8, 4) is 0 Å². The molecule has 30 heavy (non-hydrogen) atoms. The van der Waals surface area contributed by atoms with Crippen molar-refractivity contribution < 1.29 is 0 Å². The van der Waals surface area contributed by atoms with Gasteiger partial charge in [-0.1, -0.05) is 118 Å². The Hall–Kier alpha value is -2.68. The molecule has 0 aliphatic rings. The molecule has 0 unspecified atom stereocenters. The lowest BCUT2D eigenvalue weighted by Crippen LogP contribution is -2.72. The average Bonchev–Trinajstić information content (AvgIpc) is 3.14. The third-order valence-corrected chi connectivity index (χ3v) is 13.6. The zero-order valence-corrected chi connectivity index (χ0v) is 19.5. The summed E-state index contributed by atoms with van der Waals surface area (Å²) < 4.78 is 2.82. The van der Waals surface area contributed by atoms with Crippen molar-refractivity contribution in [2.45, 2.75) is 25.8 Å². The van der Waals surface area contributed by atoms with Crippen molar-refractivity contribution in [3.63, 3.8) is 0 Å². The molecule has 0 fully saturated rings. The smallest absolute Gasteiger partial charge is 0.135 e. The van der Waals surface area contributed by atoms with Gasteiger partial charge in [-0.25, -0.2) is 0 Å². The van der Waals surface area contributed by atoms with Gasteiger partial charge in [0.05, 0.1) is 0 Å². The molecule has 0 amide bonds. The van der Waals surface area contributed by atoms with E-state index < -0.39 is 8.07 Å². The standard InChI is InChI=1S/C28H26SSi/c1-28(2,3)30(21-13-6-4-7-14-21,22-15-8-5-9-16-22)26-20-12-18-24-23-17-10-11-19-25(23)29-27(24)26/h4-20H,1-3H3. The summed E-state index contributed by atoms with van der Waals surface area (Å²) in [7, 11) is -2.34. The quantitative estimate of drug-likeness (QED) is 0.236. The van der Waals surface area contributed by atoms with Crippen LogP contribution in [0.4, 0.5) is 0 Å². The lowest BCUT2D eigenvalue weighted by atomic mass is 10.1. The van der Waals surface area contributed by atoms with E-state index in [1.165, 1.54) is 35.7 Å². The predicted octanol–water partition coefficient (Wildman–Crippen LogP) is 6.32. The van der Waals surface area contributed by atoms with Crippen LogP contribution in [-0.2, 0) is 0 Å². The molecule has 148 valence electrons. The van der Waals surface area contributed by atoms with E-state index in [4.69, 9.17) is 0 Å². The maximum absolute atomic E-state index is 2.44. The Bertz CT molecular complexity index is 1270. The molecule has 2 heteroatoms. The number of rotatable bonds is 3. The van der Waals surface area contributed by atoms with Gasteiger partial charge in [-0.15, -0.1) is 11.3 Å². The minimum Gasteiger partial charge on any atom is -0.135 e. The molecule has 0 saturated heterocycles. The summed E-state index contributed by atoms with van der Waals surface area (Å²) in [6.07, 6.45) is 0. The molecule has 1 heterocycles. The Kier molecular flexibility index (Phi) is 4.65. The zero-order chi connectivity index (χ0) is 20.8. The highest BCUT2D eigenvalue weighted by Crippen LogP contribution is 2.40. The molecular weight excluding hydrogens is 396 g/mol. The van der Waals surface area contributed by atoms with Crippen molar-refractivity contribution in [1.29, 1.82) is 0 Å². The van der Waals surface area contributed by atoms with Crippen LogP contribution in [0.5, 0.6) is 0 Å². The van der Waals surface area contributed by atoms with E-state index in [2.05, 4.69) is 124 Å². The highest BCUT2D eigenvalue weighted by molar-refractivity contribution is 7.29. The molecule has 0 saturated carbocycles. The van der Waals surface area contributed by atoms with E-state index in [9.17, 15) is 0 Å². The molecule has 4 aromatic carbocycles. The molecule has 0 bridgehead atoms.